The summed E-state index contributed by atoms with van der Waals surface area (Å²) in [6.45, 7) is 7.55. The minimum atomic E-state index is -0.0345. The fraction of sp³-hybridized carbons (Fsp3) is 0.259. The predicted molar refractivity (Wildman–Crippen MR) is 145 cm³/mol. The van der Waals surface area contributed by atoms with Crippen LogP contribution in [0.4, 0.5) is 5.13 Å². The predicted octanol–water partition coefficient (Wildman–Crippen LogP) is 6.38. The summed E-state index contributed by atoms with van der Waals surface area (Å²) in [5.74, 6) is 0.727. The third kappa shape index (κ3) is 5.76. The van der Waals surface area contributed by atoms with Crippen molar-refractivity contribution >= 4 is 45.0 Å². The van der Waals surface area contributed by atoms with Gasteiger partial charge in [-0.25, -0.2) is 4.98 Å². The van der Waals surface area contributed by atoms with Crippen LogP contribution >= 0.6 is 23.7 Å². The van der Waals surface area contributed by atoms with Crippen LogP contribution in [-0.2, 0) is 0 Å². The number of anilines is 1. The zero-order valence-corrected chi connectivity index (χ0v) is 21.4. The molecule has 0 radical (unpaired) electrons. The number of hydrogen-bond acceptors (Lipinski definition) is 5. The molecule has 0 saturated heterocycles. The van der Waals surface area contributed by atoms with Crippen molar-refractivity contribution in [1.29, 1.82) is 0 Å². The van der Waals surface area contributed by atoms with Crippen LogP contribution in [0.1, 0.15) is 24.2 Å². The first-order chi connectivity index (χ1) is 16.1. The molecule has 3 aromatic carbocycles. The zero-order chi connectivity index (χ0) is 23.2. The molecule has 1 amide bonds. The van der Waals surface area contributed by atoms with E-state index < -0.39 is 0 Å². The van der Waals surface area contributed by atoms with Gasteiger partial charge < -0.3 is 9.64 Å². The third-order valence-electron chi connectivity index (χ3n) is 5.83. The average molecular weight is 496 g/mol. The van der Waals surface area contributed by atoms with Crippen molar-refractivity contribution in [3.63, 3.8) is 0 Å². The van der Waals surface area contributed by atoms with Crippen molar-refractivity contribution in [3.8, 4) is 16.9 Å². The van der Waals surface area contributed by atoms with Gasteiger partial charge in [-0.05, 0) is 48.5 Å². The summed E-state index contributed by atoms with van der Waals surface area (Å²) in [6.07, 6.45) is 0. The lowest BCUT2D eigenvalue weighted by Crippen LogP contribution is -2.38. The maximum Gasteiger partial charge on any atom is 0.260 e. The molecule has 4 aromatic rings. The Kier molecular flexibility index (Phi) is 9.05. The van der Waals surface area contributed by atoms with Gasteiger partial charge in [-0.3, -0.25) is 9.69 Å². The fourth-order valence-electron chi connectivity index (χ4n) is 3.79. The topological polar surface area (TPSA) is 45.7 Å². The summed E-state index contributed by atoms with van der Waals surface area (Å²) in [6, 6.07) is 23.9. The number of thiazole rings is 1. The van der Waals surface area contributed by atoms with Gasteiger partial charge in [-0.15, -0.1) is 12.4 Å². The normalized spacial score (nSPS) is 10.8. The summed E-state index contributed by atoms with van der Waals surface area (Å²) < 4.78 is 6.38. The molecular formula is C27H30ClN3O2S. The Morgan fingerprint density at radius 2 is 1.59 bits per heavy atom. The largest absolute Gasteiger partial charge is 0.497 e. The van der Waals surface area contributed by atoms with Crippen molar-refractivity contribution in [1.82, 2.24) is 9.88 Å². The van der Waals surface area contributed by atoms with Crippen LogP contribution in [-0.4, -0.2) is 49.1 Å². The zero-order valence-electron chi connectivity index (χ0n) is 19.7. The Bertz CT molecular complexity index is 1210. The SMILES string of the molecule is CCN(CC)CCN(C(=O)c1ccc(-c2ccccc2)cc1)c1nc2cc(OC)ccc2s1.Cl. The van der Waals surface area contributed by atoms with Gasteiger partial charge in [0, 0.05) is 24.7 Å². The molecule has 0 N–H and O–H groups in total. The number of rotatable bonds is 9. The number of hydrogen-bond donors (Lipinski definition) is 0. The molecule has 0 fully saturated rings. The standard InChI is InChI=1S/C27H29N3O2S.ClH/c1-4-29(5-2)17-18-30(27-28-24-19-23(32-3)15-16-25(24)33-27)26(31)22-13-11-21(12-14-22)20-9-7-6-8-10-20;/h6-16,19H,4-5,17-18H2,1-3H3;1H. The van der Waals surface area contributed by atoms with Gasteiger partial charge in [-0.2, -0.15) is 0 Å². The van der Waals surface area contributed by atoms with Gasteiger partial charge in [0.05, 0.1) is 17.3 Å². The molecule has 0 saturated carbocycles. The van der Waals surface area contributed by atoms with E-state index in [-0.39, 0.29) is 18.3 Å². The number of carbonyl (C=O) groups is 1. The monoisotopic (exact) mass is 495 g/mol. The Morgan fingerprint density at radius 3 is 2.24 bits per heavy atom. The van der Waals surface area contributed by atoms with E-state index in [1.165, 1.54) is 11.3 Å². The fourth-order valence-corrected chi connectivity index (χ4v) is 4.76. The lowest BCUT2D eigenvalue weighted by molar-refractivity contribution is 0.0984. The van der Waals surface area contributed by atoms with Gasteiger partial charge in [0.2, 0.25) is 0 Å². The van der Waals surface area contributed by atoms with E-state index in [1.807, 2.05) is 65.6 Å². The number of ether oxygens (including phenoxy) is 1. The first-order valence-corrected chi connectivity index (χ1v) is 12.1. The lowest BCUT2D eigenvalue weighted by atomic mass is 10.0. The van der Waals surface area contributed by atoms with Gasteiger partial charge in [0.15, 0.2) is 5.13 Å². The van der Waals surface area contributed by atoms with Gasteiger partial charge in [-0.1, -0.05) is 67.6 Å². The van der Waals surface area contributed by atoms with Gasteiger partial charge in [0.1, 0.15) is 5.75 Å². The maximum absolute atomic E-state index is 13.6. The first kappa shape index (κ1) is 25.7. The second-order valence-corrected chi connectivity index (χ2v) is 8.77. The molecule has 1 heterocycles. The second kappa shape index (κ2) is 12.0. The molecule has 0 aliphatic heterocycles. The summed E-state index contributed by atoms with van der Waals surface area (Å²) in [7, 11) is 1.65. The minimum absolute atomic E-state index is 0. The molecule has 0 bridgehead atoms. The van der Waals surface area contributed by atoms with Crippen LogP contribution in [0, 0.1) is 0 Å². The van der Waals surface area contributed by atoms with Crippen LogP contribution < -0.4 is 9.64 Å². The Labute approximate surface area is 211 Å². The molecule has 0 atom stereocenters. The van der Waals surface area contributed by atoms with Crippen LogP contribution in [0.25, 0.3) is 21.3 Å². The number of aromatic nitrogens is 1. The number of amides is 1. The van der Waals surface area contributed by atoms with E-state index in [9.17, 15) is 4.79 Å². The first-order valence-electron chi connectivity index (χ1n) is 11.3. The van der Waals surface area contributed by atoms with Crippen LogP contribution in [0.2, 0.25) is 0 Å². The van der Waals surface area contributed by atoms with E-state index in [0.29, 0.717) is 17.2 Å². The van der Waals surface area contributed by atoms with Crippen molar-refractivity contribution < 1.29 is 9.53 Å². The highest BCUT2D eigenvalue weighted by atomic mass is 35.5. The van der Waals surface area contributed by atoms with E-state index in [2.05, 4.69) is 30.9 Å². The Balaban J connectivity index is 0.00000324. The molecule has 34 heavy (non-hydrogen) atoms. The van der Waals surface area contributed by atoms with E-state index >= 15 is 0 Å². The third-order valence-corrected chi connectivity index (χ3v) is 6.89. The van der Waals surface area contributed by atoms with E-state index in [0.717, 1.165) is 46.7 Å². The molecule has 1 aromatic heterocycles. The highest BCUT2D eigenvalue weighted by Gasteiger charge is 2.22. The molecule has 0 aliphatic carbocycles. The summed E-state index contributed by atoms with van der Waals surface area (Å²) in [5.41, 5.74) is 3.73. The molecule has 0 aliphatic rings. The van der Waals surface area contributed by atoms with E-state index in [4.69, 9.17) is 9.72 Å². The average Bonchev–Trinajstić information content (AvgIpc) is 3.30. The number of nitrogens with zero attached hydrogens (tertiary/aromatic N) is 3. The Hall–Kier alpha value is -2.93. The maximum atomic E-state index is 13.6. The second-order valence-electron chi connectivity index (χ2n) is 7.76. The summed E-state index contributed by atoms with van der Waals surface area (Å²) >= 11 is 1.53. The molecule has 4 rings (SSSR count). The molecule has 0 unspecified atom stereocenters. The number of carbonyl (C=O) groups excluding carboxylic acids is 1. The molecule has 178 valence electrons. The molecule has 7 heteroatoms. The minimum Gasteiger partial charge on any atom is -0.497 e. The van der Waals surface area contributed by atoms with E-state index in [1.54, 1.807) is 7.11 Å². The number of fused-ring (bicyclic) bond motifs is 1. The number of halogens is 1. The number of methoxy groups -OCH3 is 1. The van der Waals surface area contributed by atoms with Gasteiger partial charge >= 0.3 is 0 Å². The number of benzene rings is 3. The van der Waals surface area contributed by atoms with Crippen molar-refractivity contribution in [2.45, 2.75) is 13.8 Å². The Morgan fingerprint density at radius 1 is 0.912 bits per heavy atom. The van der Waals surface area contributed by atoms with Crippen LogP contribution in [0.5, 0.6) is 5.75 Å². The lowest BCUT2D eigenvalue weighted by Gasteiger charge is -2.24. The molecule has 0 spiro atoms. The van der Waals surface area contributed by atoms with Crippen molar-refractivity contribution in [3.05, 3.63) is 78.4 Å². The quantitative estimate of drug-likeness (QED) is 0.270. The summed E-state index contributed by atoms with van der Waals surface area (Å²) in [5, 5.41) is 0.711. The highest BCUT2D eigenvalue weighted by molar-refractivity contribution is 7.22. The van der Waals surface area contributed by atoms with Crippen LogP contribution in [0.15, 0.2) is 72.8 Å². The highest BCUT2D eigenvalue weighted by Crippen LogP contribution is 2.32. The smallest absolute Gasteiger partial charge is 0.260 e. The molecule has 5 nitrogen and oxygen atoms in total. The molecular weight excluding hydrogens is 466 g/mol. The van der Waals surface area contributed by atoms with Crippen molar-refractivity contribution in [2.24, 2.45) is 0 Å². The van der Waals surface area contributed by atoms with Gasteiger partial charge in [0.25, 0.3) is 5.91 Å². The van der Waals surface area contributed by atoms with Crippen LogP contribution in [0.3, 0.4) is 0 Å². The number of likely N-dealkylation sites (N-methyl/N-ethyl adjacent to an activating group) is 1. The summed E-state index contributed by atoms with van der Waals surface area (Å²) in [4.78, 5) is 22.5. The van der Waals surface area contributed by atoms with Crippen molar-refractivity contribution in [2.75, 3.05) is 38.2 Å².